The van der Waals surface area contributed by atoms with Gasteiger partial charge in [-0.3, -0.25) is 9.78 Å². The number of carbonyl (C=O) groups is 1. The Morgan fingerprint density at radius 3 is 2.60 bits per heavy atom. The zero-order valence-electron chi connectivity index (χ0n) is 11.2. The van der Waals surface area contributed by atoms with E-state index >= 15 is 0 Å². The number of para-hydroxylation sites is 1. The highest BCUT2D eigenvalue weighted by Crippen LogP contribution is 2.18. The summed E-state index contributed by atoms with van der Waals surface area (Å²) in [5, 5.41) is 0. The summed E-state index contributed by atoms with van der Waals surface area (Å²) in [5.74, 6) is 0.741. The Balaban J connectivity index is 1.55. The highest BCUT2D eigenvalue weighted by molar-refractivity contribution is 5.92. The molecule has 1 saturated heterocycles. The van der Waals surface area contributed by atoms with Gasteiger partial charge in [0.05, 0.1) is 25.0 Å². The fourth-order valence-electron chi connectivity index (χ4n) is 2.04. The van der Waals surface area contributed by atoms with E-state index in [2.05, 4.69) is 9.97 Å². The largest absolute Gasteiger partial charge is 0.487 e. The lowest BCUT2D eigenvalue weighted by Gasteiger charge is -2.38. The number of aromatic nitrogens is 2. The van der Waals surface area contributed by atoms with E-state index in [4.69, 9.17) is 4.74 Å². The molecule has 1 aromatic heterocycles. The molecule has 1 aromatic carbocycles. The van der Waals surface area contributed by atoms with Crippen LogP contribution in [0.3, 0.4) is 0 Å². The first-order chi connectivity index (χ1) is 9.72. The van der Waals surface area contributed by atoms with Crippen LogP contribution in [0.25, 0.3) is 0 Å². The molecule has 102 valence electrons. The van der Waals surface area contributed by atoms with Crippen molar-refractivity contribution in [1.82, 2.24) is 14.9 Å². The first-order valence-corrected chi connectivity index (χ1v) is 6.52. The van der Waals surface area contributed by atoms with Crippen LogP contribution >= 0.6 is 0 Å². The Hall–Kier alpha value is -2.43. The van der Waals surface area contributed by atoms with Crippen LogP contribution in [0, 0.1) is 6.92 Å². The summed E-state index contributed by atoms with van der Waals surface area (Å²) < 4.78 is 5.76. The standard InChI is InChI=1S/C15H15N3O2/c1-11-7-17-14(8-16-11)15(19)18-9-13(10-18)20-12-5-3-2-4-6-12/h2-8,13H,9-10H2,1H3. The third-order valence-corrected chi connectivity index (χ3v) is 3.18. The van der Waals surface area contributed by atoms with Gasteiger partial charge in [-0.2, -0.15) is 0 Å². The number of hydrogen-bond acceptors (Lipinski definition) is 4. The molecule has 0 unspecified atom stereocenters. The van der Waals surface area contributed by atoms with Crippen LogP contribution in [0.1, 0.15) is 16.2 Å². The van der Waals surface area contributed by atoms with Crippen molar-refractivity contribution in [2.45, 2.75) is 13.0 Å². The van der Waals surface area contributed by atoms with Crippen LogP contribution in [-0.4, -0.2) is 40.0 Å². The van der Waals surface area contributed by atoms with Gasteiger partial charge in [-0.15, -0.1) is 0 Å². The highest BCUT2D eigenvalue weighted by atomic mass is 16.5. The number of carbonyl (C=O) groups excluding carboxylic acids is 1. The number of benzene rings is 1. The van der Waals surface area contributed by atoms with E-state index in [1.807, 2.05) is 37.3 Å². The first-order valence-electron chi connectivity index (χ1n) is 6.52. The molecule has 0 saturated carbocycles. The third-order valence-electron chi connectivity index (χ3n) is 3.18. The van der Waals surface area contributed by atoms with Crippen molar-refractivity contribution in [1.29, 1.82) is 0 Å². The molecule has 0 N–H and O–H groups in total. The minimum Gasteiger partial charge on any atom is -0.487 e. The minimum atomic E-state index is -0.0922. The summed E-state index contributed by atoms with van der Waals surface area (Å²) in [5.41, 5.74) is 1.18. The molecular weight excluding hydrogens is 254 g/mol. The van der Waals surface area contributed by atoms with Gasteiger partial charge in [0.1, 0.15) is 17.5 Å². The molecule has 0 atom stereocenters. The van der Waals surface area contributed by atoms with Crippen LogP contribution in [0.5, 0.6) is 5.75 Å². The van der Waals surface area contributed by atoms with Gasteiger partial charge in [0.25, 0.3) is 5.91 Å². The Morgan fingerprint density at radius 1 is 1.20 bits per heavy atom. The summed E-state index contributed by atoms with van der Waals surface area (Å²) in [7, 11) is 0. The predicted molar refractivity (Wildman–Crippen MR) is 73.5 cm³/mol. The molecule has 5 heteroatoms. The van der Waals surface area contributed by atoms with Crippen LogP contribution in [0.4, 0.5) is 0 Å². The second-order valence-electron chi connectivity index (χ2n) is 4.81. The van der Waals surface area contributed by atoms with Crippen LogP contribution < -0.4 is 4.74 Å². The zero-order valence-corrected chi connectivity index (χ0v) is 11.2. The summed E-state index contributed by atoms with van der Waals surface area (Å²) in [4.78, 5) is 22.0. The molecule has 1 amide bonds. The molecular formula is C15H15N3O2. The van der Waals surface area contributed by atoms with Gasteiger partial charge in [0.15, 0.2) is 0 Å². The molecule has 0 spiro atoms. The number of hydrogen-bond donors (Lipinski definition) is 0. The average Bonchev–Trinajstić information content (AvgIpc) is 2.44. The summed E-state index contributed by atoms with van der Waals surface area (Å²) >= 11 is 0. The van der Waals surface area contributed by atoms with Crippen LogP contribution in [0.15, 0.2) is 42.7 Å². The van der Waals surface area contributed by atoms with Gasteiger partial charge in [-0.1, -0.05) is 18.2 Å². The second kappa shape index (κ2) is 5.28. The van der Waals surface area contributed by atoms with Crippen LogP contribution in [0.2, 0.25) is 0 Å². The van der Waals surface area contributed by atoms with Crippen molar-refractivity contribution in [3.8, 4) is 5.75 Å². The van der Waals surface area contributed by atoms with Crippen molar-refractivity contribution >= 4 is 5.91 Å². The maximum Gasteiger partial charge on any atom is 0.274 e. The minimum absolute atomic E-state index is 0.0553. The highest BCUT2D eigenvalue weighted by Gasteiger charge is 2.33. The molecule has 0 aliphatic carbocycles. The number of nitrogens with zero attached hydrogens (tertiary/aromatic N) is 3. The Bertz CT molecular complexity index is 592. The smallest absolute Gasteiger partial charge is 0.274 e. The maximum atomic E-state index is 12.1. The Kier molecular flexibility index (Phi) is 3.33. The topological polar surface area (TPSA) is 55.3 Å². The molecule has 2 aromatic rings. The zero-order chi connectivity index (χ0) is 13.9. The lowest BCUT2D eigenvalue weighted by Crippen LogP contribution is -2.56. The number of amides is 1. The molecule has 20 heavy (non-hydrogen) atoms. The molecule has 1 aliphatic rings. The van der Waals surface area contributed by atoms with Gasteiger partial charge in [0, 0.05) is 6.20 Å². The van der Waals surface area contributed by atoms with E-state index in [1.165, 1.54) is 6.20 Å². The average molecular weight is 269 g/mol. The first kappa shape index (κ1) is 12.6. The van der Waals surface area contributed by atoms with E-state index in [-0.39, 0.29) is 12.0 Å². The quantitative estimate of drug-likeness (QED) is 0.851. The lowest BCUT2D eigenvalue weighted by atomic mass is 10.1. The fraction of sp³-hybridized carbons (Fsp3) is 0.267. The third kappa shape index (κ3) is 2.61. The van der Waals surface area contributed by atoms with Gasteiger partial charge < -0.3 is 9.64 Å². The van der Waals surface area contributed by atoms with E-state index < -0.39 is 0 Å². The number of aryl methyl sites for hydroxylation is 1. The number of ether oxygens (including phenoxy) is 1. The van der Waals surface area contributed by atoms with E-state index in [0.29, 0.717) is 18.8 Å². The lowest BCUT2D eigenvalue weighted by molar-refractivity contribution is 0.0173. The molecule has 3 rings (SSSR count). The summed E-state index contributed by atoms with van der Waals surface area (Å²) in [6, 6.07) is 9.63. The van der Waals surface area contributed by atoms with Crippen molar-refractivity contribution in [3.63, 3.8) is 0 Å². The van der Waals surface area contributed by atoms with Crippen molar-refractivity contribution in [3.05, 3.63) is 54.1 Å². The molecule has 0 radical (unpaired) electrons. The van der Waals surface area contributed by atoms with Gasteiger partial charge in [-0.25, -0.2) is 4.98 Å². The monoisotopic (exact) mass is 269 g/mol. The normalized spacial score (nSPS) is 14.8. The Morgan fingerprint density at radius 2 is 1.95 bits per heavy atom. The fourth-order valence-corrected chi connectivity index (χ4v) is 2.04. The van der Waals surface area contributed by atoms with Gasteiger partial charge in [-0.05, 0) is 19.1 Å². The predicted octanol–water partition coefficient (Wildman–Crippen LogP) is 1.69. The van der Waals surface area contributed by atoms with Gasteiger partial charge in [0.2, 0.25) is 0 Å². The number of rotatable bonds is 3. The second-order valence-corrected chi connectivity index (χ2v) is 4.81. The molecule has 1 fully saturated rings. The number of likely N-dealkylation sites (tertiary alicyclic amines) is 1. The maximum absolute atomic E-state index is 12.1. The van der Waals surface area contributed by atoms with E-state index in [0.717, 1.165) is 11.4 Å². The van der Waals surface area contributed by atoms with Crippen molar-refractivity contribution in [2.75, 3.05) is 13.1 Å². The molecule has 0 bridgehead atoms. The molecule has 1 aliphatic heterocycles. The molecule has 5 nitrogen and oxygen atoms in total. The SMILES string of the molecule is Cc1cnc(C(=O)N2CC(Oc3ccccc3)C2)cn1. The van der Waals surface area contributed by atoms with E-state index in [9.17, 15) is 4.79 Å². The van der Waals surface area contributed by atoms with E-state index in [1.54, 1.807) is 11.1 Å². The Labute approximate surface area is 117 Å². The van der Waals surface area contributed by atoms with Gasteiger partial charge >= 0.3 is 0 Å². The molecule has 2 heterocycles. The summed E-state index contributed by atoms with van der Waals surface area (Å²) in [6.45, 7) is 3.02. The van der Waals surface area contributed by atoms with Crippen LogP contribution in [-0.2, 0) is 0 Å². The van der Waals surface area contributed by atoms with Crippen molar-refractivity contribution < 1.29 is 9.53 Å². The summed E-state index contributed by atoms with van der Waals surface area (Å²) in [6.07, 6.45) is 3.17. The van der Waals surface area contributed by atoms with Crippen molar-refractivity contribution in [2.24, 2.45) is 0 Å².